The van der Waals surface area contributed by atoms with Gasteiger partial charge in [0.05, 0.1) is 6.54 Å². The number of rotatable bonds is 7. The molecule has 2 unspecified atom stereocenters. The molecule has 0 aliphatic heterocycles. The van der Waals surface area contributed by atoms with Crippen molar-refractivity contribution in [1.82, 2.24) is 10.6 Å². The highest BCUT2D eigenvalue weighted by molar-refractivity contribution is 5.77. The minimum Gasteiger partial charge on any atom is -0.385 e. The lowest BCUT2D eigenvalue weighted by molar-refractivity contribution is -0.120. The van der Waals surface area contributed by atoms with Crippen molar-refractivity contribution in [2.45, 2.75) is 45.6 Å². The summed E-state index contributed by atoms with van der Waals surface area (Å²) in [6.45, 7) is 6.44. The molecule has 0 bridgehead atoms. The molecule has 4 heteroatoms. The first-order chi connectivity index (χ1) is 8.61. The molecule has 0 spiro atoms. The van der Waals surface area contributed by atoms with Crippen LogP contribution < -0.4 is 10.6 Å². The molecule has 1 aliphatic rings. The number of carbonyl (C=O) groups excluding carboxylic acids is 1. The molecule has 1 fully saturated rings. The van der Waals surface area contributed by atoms with Crippen LogP contribution in [0.1, 0.15) is 39.5 Å². The highest BCUT2D eigenvalue weighted by Gasteiger charge is 2.23. The minimum atomic E-state index is 0.0944. The van der Waals surface area contributed by atoms with Gasteiger partial charge in [0.15, 0.2) is 0 Å². The fourth-order valence-corrected chi connectivity index (χ4v) is 2.86. The molecule has 1 aliphatic carbocycles. The van der Waals surface area contributed by atoms with Gasteiger partial charge in [0.25, 0.3) is 0 Å². The van der Waals surface area contributed by atoms with Crippen LogP contribution in [0.15, 0.2) is 0 Å². The summed E-state index contributed by atoms with van der Waals surface area (Å²) in [6, 6.07) is 0.508. The summed E-state index contributed by atoms with van der Waals surface area (Å²) in [5, 5.41) is 6.28. The number of hydrogen-bond donors (Lipinski definition) is 2. The fraction of sp³-hybridized carbons (Fsp3) is 0.929. The largest absolute Gasteiger partial charge is 0.385 e. The number of carbonyl (C=O) groups is 1. The second-order valence-corrected chi connectivity index (χ2v) is 5.69. The SMILES string of the molecule is COCCCNC(=O)CNC1CC(C)CC(C)C1. The molecule has 0 radical (unpaired) electrons. The van der Waals surface area contributed by atoms with E-state index in [9.17, 15) is 4.79 Å². The number of hydrogen-bond acceptors (Lipinski definition) is 3. The molecule has 1 rings (SSSR count). The van der Waals surface area contributed by atoms with Gasteiger partial charge < -0.3 is 15.4 Å². The van der Waals surface area contributed by atoms with Gasteiger partial charge in [-0.2, -0.15) is 0 Å². The Morgan fingerprint density at radius 2 is 1.89 bits per heavy atom. The molecule has 1 amide bonds. The molecule has 2 atom stereocenters. The van der Waals surface area contributed by atoms with E-state index in [1.807, 2.05) is 0 Å². The van der Waals surface area contributed by atoms with E-state index in [2.05, 4.69) is 24.5 Å². The van der Waals surface area contributed by atoms with E-state index >= 15 is 0 Å². The molecule has 106 valence electrons. The van der Waals surface area contributed by atoms with Crippen LogP contribution in [0.4, 0.5) is 0 Å². The quantitative estimate of drug-likeness (QED) is 0.680. The van der Waals surface area contributed by atoms with Crippen LogP contribution >= 0.6 is 0 Å². The van der Waals surface area contributed by atoms with Crippen molar-refractivity contribution in [2.24, 2.45) is 11.8 Å². The van der Waals surface area contributed by atoms with Crippen molar-refractivity contribution >= 4 is 5.91 Å². The molecule has 1 saturated carbocycles. The maximum Gasteiger partial charge on any atom is 0.233 e. The van der Waals surface area contributed by atoms with Gasteiger partial charge in [-0.05, 0) is 37.5 Å². The Morgan fingerprint density at radius 3 is 2.50 bits per heavy atom. The molecular formula is C14H28N2O2. The van der Waals surface area contributed by atoms with Crippen molar-refractivity contribution in [3.63, 3.8) is 0 Å². The van der Waals surface area contributed by atoms with Crippen LogP contribution in [0.25, 0.3) is 0 Å². The summed E-state index contributed by atoms with van der Waals surface area (Å²) in [5.41, 5.74) is 0. The first kappa shape index (κ1) is 15.4. The third-order valence-corrected chi connectivity index (χ3v) is 3.58. The van der Waals surface area contributed by atoms with Crippen LogP contribution in [0.2, 0.25) is 0 Å². The Hall–Kier alpha value is -0.610. The van der Waals surface area contributed by atoms with Gasteiger partial charge in [-0.1, -0.05) is 13.8 Å². The smallest absolute Gasteiger partial charge is 0.233 e. The average molecular weight is 256 g/mol. The molecule has 0 aromatic heterocycles. The van der Waals surface area contributed by atoms with Crippen molar-refractivity contribution in [1.29, 1.82) is 0 Å². The van der Waals surface area contributed by atoms with Crippen LogP contribution in [-0.4, -0.2) is 38.8 Å². The lowest BCUT2D eigenvalue weighted by atomic mass is 9.80. The molecule has 2 N–H and O–H groups in total. The molecule has 0 heterocycles. The summed E-state index contributed by atoms with van der Waals surface area (Å²) in [7, 11) is 1.68. The minimum absolute atomic E-state index is 0.0944. The zero-order chi connectivity index (χ0) is 13.4. The molecule has 4 nitrogen and oxygen atoms in total. The Balaban J connectivity index is 2.10. The average Bonchev–Trinajstić information content (AvgIpc) is 2.31. The zero-order valence-corrected chi connectivity index (χ0v) is 12.0. The van der Waals surface area contributed by atoms with Gasteiger partial charge in [-0.25, -0.2) is 0 Å². The van der Waals surface area contributed by atoms with Gasteiger partial charge >= 0.3 is 0 Å². The van der Waals surface area contributed by atoms with E-state index in [1.165, 1.54) is 19.3 Å². The first-order valence-corrected chi connectivity index (χ1v) is 7.10. The highest BCUT2D eigenvalue weighted by Crippen LogP contribution is 2.28. The van der Waals surface area contributed by atoms with Gasteiger partial charge in [0.1, 0.15) is 0 Å². The molecule has 18 heavy (non-hydrogen) atoms. The van der Waals surface area contributed by atoms with E-state index in [4.69, 9.17) is 4.74 Å². The summed E-state index contributed by atoms with van der Waals surface area (Å²) in [5.74, 6) is 1.64. The molecule has 0 saturated heterocycles. The van der Waals surface area contributed by atoms with Crippen LogP contribution in [0, 0.1) is 11.8 Å². The van der Waals surface area contributed by atoms with Crippen LogP contribution in [0.3, 0.4) is 0 Å². The Bertz CT molecular complexity index is 236. The predicted octanol–water partition coefficient (Wildman–Crippen LogP) is 1.55. The van der Waals surface area contributed by atoms with Gasteiger partial charge in [-0.15, -0.1) is 0 Å². The predicted molar refractivity (Wildman–Crippen MR) is 73.5 cm³/mol. The maximum absolute atomic E-state index is 11.6. The lowest BCUT2D eigenvalue weighted by Gasteiger charge is -2.31. The summed E-state index contributed by atoms with van der Waals surface area (Å²) >= 11 is 0. The third-order valence-electron chi connectivity index (χ3n) is 3.58. The van der Waals surface area contributed by atoms with E-state index in [1.54, 1.807) is 7.11 Å². The second kappa shape index (κ2) is 8.48. The number of methoxy groups -OCH3 is 1. The fourth-order valence-electron chi connectivity index (χ4n) is 2.86. The van der Waals surface area contributed by atoms with Crippen molar-refractivity contribution < 1.29 is 9.53 Å². The van der Waals surface area contributed by atoms with E-state index in [-0.39, 0.29) is 5.91 Å². The third kappa shape index (κ3) is 6.36. The number of ether oxygens (including phenoxy) is 1. The number of amides is 1. The molecule has 0 aromatic rings. The van der Waals surface area contributed by atoms with Crippen molar-refractivity contribution in [3.8, 4) is 0 Å². The van der Waals surface area contributed by atoms with Crippen LogP contribution in [-0.2, 0) is 9.53 Å². The normalized spacial score (nSPS) is 28.1. The summed E-state index contributed by atoms with van der Waals surface area (Å²) < 4.78 is 4.94. The monoisotopic (exact) mass is 256 g/mol. The lowest BCUT2D eigenvalue weighted by Crippen LogP contribution is -2.42. The van der Waals surface area contributed by atoms with Gasteiger partial charge in [0.2, 0.25) is 5.91 Å². The Kier molecular flexibility index (Phi) is 7.28. The first-order valence-electron chi connectivity index (χ1n) is 7.10. The summed E-state index contributed by atoms with van der Waals surface area (Å²) in [4.78, 5) is 11.6. The topological polar surface area (TPSA) is 50.4 Å². The Morgan fingerprint density at radius 1 is 1.22 bits per heavy atom. The van der Waals surface area contributed by atoms with Crippen molar-refractivity contribution in [2.75, 3.05) is 26.8 Å². The molecular weight excluding hydrogens is 228 g/mol. The standard InChI is InChI=1S/C14H28N2O2/c1-11-7-12(2)9-13(8-11)16-10-14(17)15-5-4-6-18-3/h11-13,16H,4-10H2,1-3H3,(H,15,17). The van der Waals surface area contributed by atoms with E-state index < -0.39 is 0 Å². The number of nitrogens with one attached hydrogen (secondary N) is 2. The van der Waals surface area contributed by atoms with E-state index in [0.717, 1.165) is 18.3 Å². The maximum atomic E-state index is 11.6. The second-order valence-electron chi connectivity index (χ2n) is 5.69. The van der Waals surface area contributed by atoms with Crippen molar-refractivity contribution in [3.05, 3.63) is 0 Å². The van der Waals surface area contributed by atoms with Gasteiger partial charge in [-0.3, -0.25) is 4.79 Å². The molecule has 0 aromatic carbocycles. The van der Waals surface area contributed by atoms with E-state index in [0.29, 0.717) is 25.7 Å². The highest BCUT2D eigenvalue weighted by atomic mass is 16.5. The Labute approximate surface area is 111 Å². The summed E-state index contributed by atoms with van der Waals surface area (Å²) in [6.07, 6.45) is 4.59. The van der Waals surface area contributed by atoms with Crippen LogP contribution in [0.5, 0.6) is 0 Å². The van der Waals surface area contributed by atoms with Gasteiger partial charge in [0, 0.05) is 26.3 Å². The zero-order valence-electron chi connectivity index (χ0n) is 12.0.